The lowest BCUT2D eigenvalue weighted by Gasteiger charge is -2.19. The Morgan fingerprint density at radius 2 is 2.24 bits per heavy atom. The number of phenolic OH excluding ortho intramolecular Hbond substituents is 1. The Kier molecular flexibility index (Phi) is 2.79. The van der Waals surface area contributed by atoms with Gasteiger partial charge in [-0.25, -0.2) is 4.39 Å². The first kappa shape index (κ1) is 11.9. The van der Waals surface area contributed by atoms with E-state index in [0.29, 0.717) is 13.0 Å². The van der Waals surface area contributed by atoms with Crippen LogP contribution in [0.5, 0.6) is 5.75 Å². The number of amides is 1. The van der Waals surface area contributed by atoms with Crippen LogP contribution in [0.25, 0.3) is 0 Å². The van der Waals surface area contributed by atoms with E-state index in [1.165, 1.54) is 17.0 Å². The Balaban J connectivity index is 2.27. The van der Waals surface area contributed by atoms with Crippen LogP contribution in [0, 0.1) is 5.82 Å². The molecule has 0 aromatic heterocycles. The van der Waals surface area contributed by atoms with Gasteiger partial charge in [-0.2, -0.15) is 0 Å². The number of carbonyl (C=O) groups is 1. The van der Waals surface area contributed by atoms with Gasteiger partial charge in [0, 0.05) is 13.1 Å². The van der Waals surface area contributed by atoms with Gasteiger partial charge in [0.05, 0.1) is 5.60 Å². The van der Waals surface area contributed by atoms with Crippen LogP contribution < -0.4 is 0 Å². The van der Waals surface area contributed by atoms with E-state index in [1.54, 1.807) is 6.92 Å². The molecule has 4 nitrogen and oxygen atoms in total. The molecule has 1 aliphatic rings. The third kappa shape index (κ3) is 2.24. The van der Waals surface area contributed by atoms with Gasteiger partial charge < -0.3 is 15.1 Å². The van der Waals surface area contributed by atoms with E-state index in [2.05, 4.69) is 0 Å². The Morgan fingerprint density at radius 1 is 1.53 bits per heavy atom. The molecule has 2 N–H and O–H groups in total. The molecule has 2 rings (SSSR count). The molecule has 0 spiro atoms. The van der Waals surface area contributed by atoms with Gasteiger partial charge >= 0.3 is 0 Å². The number of hydrogen-bond donors (Lipinski definition) is 2. The number of phenols is 1. The lowest BCUT2D eigenvalue weighted by atomic mass is 10.1. The molecule has 0 saturated carbocycles. The van der Waals surface area contributed by atoms with Crippen molar-refractivity contribution in [1.82, 2.24) is 4.90 Å². The normalized spacial score (nSPS) is 24.1. The van der Waals surface area contributed by atoms with E-state index in [4.69, 9.17) is 0 Å². The number of hydrogen-bond acceptors (Lipinski definition) is 3. The fraction of sp³-hybridized carbons (Fsp3) is 0.417. The summed E-state index contributed by atoms with van der Waals surface area (Å²) >= 11 is 0. The number of benzene rings is 1. The van der Waals surface area contributed by atoms with Crippen molar-refractivity contribution >= 4 is 5.91 Å². The van der Waals surface area contributed by atoms with E-state index in [9.17, 15) is 19.4 Å². The molecule has 17 heavy (non-hydrogen) atoms. The van der Waals surface area contributed by atoms with Crippen molar-refractivity contribution in [2.45, 2.75) is 18.9 Å². The molecule has 1 aromatic carbocycles. The molecule has 1 unspecified atom stereocenters. The number of aliphatic hydroxyl groups is 1. The monoisotopic (exact) mass is 239 g/mol. The zero-order valence-electron chi connectivity index (χ0n) is 9.48. The smallest absolute Gasteiger partial charge is 0.260 e. The van der Waals surface area contributed by atoms with Gasteiger partial charge in [-0.1, -0.05) is 6.07 Å². The molecule has 1 amide bonds. The van der Waals surface area contributed by atoms with Gasteiger partial charge in [0.15, 0.2) is 0 Å². The molecule has 1 atom stereocenters. The number of rotatable bonds is 1. The maximum atomic E-state index is 13.5. The minimum absolute atomic E-state index is 0.152. The molecule has 1 saturated heterocycles. The third-order valence-electron chi connectivity index (χ3n) is 2.94. The first-order valence-corrected chi connectivity index (χ1v) is 5.40. The molecule has 92 valence electrons. The van der Waals surface area contributed by atoms with Crippen molar-refractivity contribution in [3.8, 4) is 5.75 Å². The minimum atomic E-state index is -0.934. The first-order valence-electron chi connectivity index (χ1n) is 5.40. The van der Waals surface area contributed by atoms with Crippen LogP contribution in [-0.4, -0.2) is 39.7 Å². The molecule has 0 radical (unpaired) electrons. The van der Waals surface area contributed by atoms with E-state index < -0.39 is 17.3 Å². The molecular weight excluding hydrogens is 225 g/mol. The van der Waals surface area contributed by atoms with Crippen molar-refractivity contribution in [1.29, 1.82) is 0 Å². The Hall–Kier alpha value is -1.62. The Labute approximate surface area is 98.3 Å². The van der Waals surface area contributed by atoms with Gasteiger partial charge in [-0.15, -0.1) is 0 Å². The molecular formula is C12H14FNO3. The van der Waals surface area contributed by atoms with Gasteiger partial charge in [-0.3, -0.25) is 4.79 Å². The summed E-state index contributed by atoms with van der Waals surface area (Å²) in [5.41, 5.74) is -1.26. The standard InChI is InChI=1S/C12H14FNO3/c1-12(17)5-6-14(7-12)11(16)10-8(13)3-2-4-9(10)15/h2-4,15,17H,5-7H2,1H3. The predicted molar refractivity (Wildman–Crippen MR) is 59.2 cm³/mol. The highest BCUT2D eigenvalue weighted by Gasteiger charge is 2.35. The second-order valence-electron chi connectivity index (χ2n) is 4.61. The first-order chi connectivity index (χ1) is 7.91. The van der Waals surface area contributed by atoms with Crippen LogP contribution in [0.15, 0.2) is 18.2 Å². The van der Waals surface area contributed by atoms with Crippen molar-refractivity contribution < 1.29 is 19.4 Å². The van der Waals surface area contributed by atoms with Crippen LogP contribution in [0.4, 0.5) is 4.39 Å². The number of aromatic hydroxyl groups is 1. The van der Waals surface area contributed by atoms with Gasteiger partial charge in [0.2, 0.25) is 0 Å². The molecule has 1 fully saturated rings. The van der Waals surface area contributed by atoms with Crippen LogP contribution >= 0.6 is 0 Å². The van der Waals surface area contributed by atoms with E-state index in [-0.39, 0.29) is 17.9 Å². The summed E-state index contributed by atoms with van der Waals surface area (Å²) in [7, 11) is 0. The highest BCUT2D eigenvalue weighted by molar-refractivity contribution is 5.97. The quantitative estimate of drug-likeness (QED) is 0.772. The summed E-state index contributed by atoms with van der Waals surface area (Å²) in [5, 5.41) is 19.3. The molecule has 1 aromatic rings. The SMILES string of the molecule is CC1(O)CCN(C(=O)c2c(O)cccc2F)C1. The summed E-state index contributed by atoms with van der Waals surface area (Å²) in [6.45, 7) is 2.14. The summed E-state index contributed by atoms with van der Waals surface area (Å²) in [6, 6.07) is 3.73. The van der Waals surface area contributed by atoms with Crippen LogP contribution in [0.2, 0.25) is 0 Å². The predicted octanol–water partition coefficient (Wildman–Crippen LogP) is 1.13. The van der Waals surface area contributed by atoms with Gasteiger partial charge in [-0.05, 0) is 25.5 Å². The summed E-state index contributed by atoms with van der Waals surface area (Å²) < 4.78 is 13.5. The number of carbonyl (C=O) groups excluding carboxylic acids is 1. The largest absolute Gasteiger partial charge is 0.507 e. The zero-order valence-corrected chi connectivity index (χ0v) is 9.48. The lowest BCUT2D eigenvalue weighted by Crippen LogP contribution is -2.34. The Morgan fingerprint density at radius 3 is 2.76 bits per heavy atom. The molecule has 1 aliphatic heterocycles. The van der Waals surface area contributed by atoms with Crippen LogP contribution in [-0.2, 0) is 0 Å². The maximum Gasteiger partial charge on any atom is 0.260 e. The summed E-state index contributed by atoms with van der Waals surface area (Å²) in [4.78, 5) is 13.3. The van der Waals surface area contributed by atoms with Gasteiger partial charge in [0.1, 0.15) is 17.1 Å². The summed E-state index contributed by atoms with van der Waals surface area (Å²) in [6.07, 6.45) is 0.452. The van der Waals surface area contributed by atoms with E-state index in [1.807, 2.05) is 0 Å². The molecule has 0 bridgehead atoms. The van der Waals surface area contributed by atoms with E-state index >= 15 is 0 Å². The second kappa shape index (κ2) is 4.00. The van der Waals surface area contributed by atoms with Crippen LogP contribution in [0.1, 0.15) is 23.7 Å². The lowest BCUT2D eigenvalue weighted by molar-refractivity contribution is 0.0567. The number of nitrogens with zero attached hydrogens (tertiary/aromatic N) is 1. The van der Waals surface area contributed by atoms with E-state index in [0.717, 1.165) is 6.07 Å². The summed E-state index contributed by atoms with van der Waals surface area (Å²) in [5.74, 6) is -1.71. The fourth-order valence-corrected chi connectivity index (χ4v) is 2.00. The number of likely N-dealkylation sites (tertiary alicyclic amines) is 1. The van der Waals surface area contributed by atoms with Gasteiger partial charge in [0.25, 0.3) is 5.91 Å². The average molecular weight is 239 g/mol. The molecule has 5 heteroatoms. The van der Waals surface area contributed by atoms with Crippen molar-refractivity contribution in [2.24, 2.45) is 0 Å². The zero-order chi connectivity index (χ0) is 12.6. The molecule has 0 aliphatic carbocycles. The second-order valence-corrected chi connectivity index (χ2v) is 4.61. The number of halogens is 1. The van der Waals surface area contributed by atoms with Crippen molar-refractivity contribution in [3.05, 3.63) is 29.6 Å². The Bertz CT molecular complexity index is 439. The third-order valence-corrected chi connectivity index (χ3v) is 2.94. The average Bonchev–Trinajstić information content (AvgIpc) is 2.58. The molecule has 1 heterocycles. The minimum Gasteiger partial charge on any atom is -0.507 e. The van der Waals surface area contributed by atoms with Crippen LogP contribution in [0.3, 0.4) is 0 Å². The topological polar surface area (TPSA) is 60.8 Å². The highest BCUT2D eigenvalue weighted by atomic mass is 19.1. The fourth-order valence-electron chi connectivity index (χ4n) is 2.00. The maximum absolute atomic E-state index is 13.5. The van der Waals surface area contributed by atoms with Crippen molar-refractivity contribution in [2.75, 3.05) is 13.1 Å². The van der Waals surface area contributed by atoms with Crippen molar-refractivity contribution in [3.63, 3.8) is 0 Å². The number of β-amino-alcohol motifs (C(OH)–C–C–N with tert-alkyl or cyclic N) is 1. The highest BCUT2D eigenvalue weighted by Crippen LogP contribution is 2.26.